The van der Waals surface area contributed by atoms with Crippen molar-refractivity contribution in [2.45, 2.75) is 102 Å². The summed E-state index contributed by atoms with van der Waals surface area (Å²) in [4.78, 5) is 26.5. The number of rotatable bonds is 11. The van der Waals surface area contributed by atoms with Crippen molar-refractivity contribution in [2.24, 2.45) is 5.92 Å². The maximum absolute atomic E-state index is 12.9. The summed E-state index contributed by atoms with van der Waals surface area (Å²) in [6.07, 6.45) is 3.68. The Kier molecular flexibility index (Phi) is 10.7. The zero-order chi connectivity index (χ0) is 26.1. The summed E-state index contributed by atoms with van der Waals surface area (Å²) in [5.41, 5.74) is 1.13. The molecule has 0 aliphatic carbocycles. The highest BCUT2D eigenvalue weighted by molar-refractivity contribution is 5.85. The Balaban J connectivity index is 1.45. The Morgan fingerprint density at radius 2 is 1.89 bits per heavy atom. The fourth-order valence-electron chi connectivity index (χ4n) is 5.13. The Labute approximate surface area is 215 Å². The highest BCUT2D eigenvalue weighted by Gasteiger charge is 2.37. The largest absolute Gasteiger partial charge is 0.467 e. The van der Waals surface area contributed by atoms with Gasteiger partial charge in [0.2, 0.25) is 5.91 Å². The molecule has 1 N–H and O–H groups in total. The summed E-state index contributed by atoms with van der Waals surface area (Å²) >= 11 is 0. The van der Waals surface area contributed by atoms with Gasteiger partial charge >= 0.3 is 5.97 Å². The van der Waals surface area contributed by atoms with Crippen molar-refractivity contribution in [1.29, 1.82) is 0 Å². The van der Waals surface area contributed by atoms with Crippen molar-refractivity contribution in [2.75, 3.05) is 20.3 Å². The second kappa shape index (κ2) is 13.5. The van der Waals surface area contributed by atoms with E-state index in [1.54, 1.807) is 4.90 Å². The van der Waals surface area contributed by atoms with E-state index in [9.17, 15) is 14.7 Å². The molecule has 36 heavy (non-hydrogen) atoms. The monoisotopic (exact) mass is 505 g/mol. The molecule has 1 amide bonds. The molecule has 1 aromatic carbocycles. The number of benzene rings is 1. The molecule has 2 aliphatic heterocycles. The van der Waals surface area contributed by atoms with Crippen LogP contribution in [0, 0.1) is 5.92 Å². The number of methoxy groups -OCH3 is 1. The van der Waals surface area contributed by atoms with Gasteiger partial charge in [0, 0.05) is 13.0 Å². The van der Waals surface area contributed by atoms with E-state index in [1.807, 2.05) is 51.1 Å². The van der Waals surface area contributed by atoms with Gasteiger partial charge in [-0.05, 0) is 57.4 Å². The van der Waals surface area contributed by atoms with Gasteiger partial charge in [0.25, 0.3) is 0 Å². The van der Waals surface area contributed by atoms with Crippen molar-refractivity contribution in [3.63, 3.8) is 0 Å². The molecule has 0 saturated carbocycles. The SMILES string of the molecule is COC(=O)[C@@H]1CCCCN1C(=O)CC(O)[C@H](C)CC[C@H]1C[C@@H](COCc2ccccc2)OC(C)(C)O1. The van der Waals surface area contributed by atoms with Gasteiger partial charge in [-0.2, -0.15) is 0 Å². The molecule has 2 fully saturated rings. The molecule has 0 spiro atoms. The van der Waals surface area contributed by atoms with Crippen LogP contribution in [0.15, 0.2) is 30.3 Å². The van der Waals surface area contributed by atoms with Gasteiger partial charge in [0.05, 0.1) is 45.1 Å². The highest BCUT2D eigenvalue weighted by Crippen LogP contribution is 2.31. The van der Waals surface area contributed by atoms with E-state index in [0.717, 1.165) is 24.8 Å². The predicted molar refractivity (Wildman–Crippen MR) is 135 cm³/mol. The number of hydrogen-bond donors (Lipinski definition) is 1. The molecule has 2 saturated heterocycles. The van der Waals surface area contributed by atoms with Crippen LogP contribution in [0.2, 0.25) is 0 Å². The molecular weight excluding hydrogens is 462 g/mol. The van der Waals surface area contributed by atoms with Crippen molar-refractivity contribution in [3.05, 3.63) is 35.9 Å². The summed E-state index contributed by atoms with van der Waals surface area (Å²) < 4.78 is 23.0. The minimum Gasteiger partial charge on any atom is -0.467 e. The molecule has 2 aliphatic rings. The van der Waals surface area contributed by atoms with E-state index in [0.29, 0.717) is 39.0 Å². The van der Waals surface area contributed by atoms with Crippen molar-refractivity contribution in [1.82, 2.24) is 4.90 Å². The number of esters is 1. The van der Waals surface area contributed by atoms with Crippen LogP contribution in [-0.2, 0) is 35.1 Å². The van der Waals surface area contributed by atoms with Gasteiger partial charge in [-0.3, -0.25) is 4.79 Å². The fourth-order valence-corrected chi connectivity index (χ4v) is 5.13. The number of aliphatic hydroxyl groups excluding tert-OH is 1. The second-order valence-corrected chi connectivity index (χ2v) is 10.6. The number of amides is 1. The van der Waals surface area contributed by atoms with Gasteiger partial charge in [-0.25, -0.2) is 4.79 Å². The van der Waals surface area contributed by atoms with Gasteiger partial charge in [-0.15, -0.1) is 0 Å². The van der Waals surface area contributed by atoms with E-state index < -0.39 is 17.9 Å². The summed E-state index contributed by atoms with van der Waals surface area (Å²) in [5.74, 6) is -1.37. The molecule has 1 aromatic rings. The topological polar surface area (TPSA) is 94.5 Å². The normalized spacial score (nSPS) is 25.7. The fraction of sp³-hybridized carbons (Fsp3) is 0.714. The van der Waals surface area contributed by atoms with Crippen molar-refractivity contribution in [3.8, 4) is 0 Å². The lowest BCUT2D eigenvalue weighted by Crippen LogP contribution is -2.49. The zero-order valence-corrected chi connectivity index (χ0v) is 22.2. The summed E-state index contributed by atoms with van der Waals surface area (Å²) in [6, 6.07) is 9.51. The molecular formula is C28H43NO7. The number of likely N-dealkylation sites (tertiary alicyclic amines) is 1. The smallest absolute Gasteiger partial charge is 0.328 e. The zero-order valence-electron chi connectivity index (χ0n) is 22.2. The van der Waals surface area contributed by atoms with Crippen LogP contribution in [0.5, 0.6) is 0 Å². The first-order valence-electron chi connectivity index (χ1n) is 13.2. The van der Waals surface area contributed by atoms with Crippen LogP contribution in [0.3, 0.4) is 0 Å². The number of carbonyl (C=O) groups is 2. The molecule has 0 radical (unpaired) electrons. The lowest BCUT2D eigenvalue weighted by Gasteiger charge is -2.41. The van der Waals surface area contributed by atoms with Crippen LogP contribution in [-0.4, -0.2) is 72.3 Å². The Bertz CT molecular complexity index is 830. The lowest BCUT2D eigenvalue weighted by molar-refractivity contribution is -0.307. The van der Waals surface area contributed by atoms with Crippen LogP contribution in [0.1, 0.15) is 71.3 Å². The first kappa shape index (κ1) is 28.6. The van der Waals surface area contributed by atoms with Crippen LogP contribution in [0.4, 0.5) is 0 Å². The number of hydrogen-bond acceptors (Lipinski definition) is 7. The first-order valence-corrected chi connectivity index (χ1v) is 13.2. The minimum absolute atomic E-state index is 0.00470. The summed E-state index contributed by atoms with van der Waals surface area (Å²) in [6.45, 7) is 7.34. The highest BCUT2D eigenvalue weighted by atomic mass is 16.7. The number of nitrogens with zero attached hydrogens (tertiary/aromatic N) is 1. The number of aliphatic hydroxyl groups is 1. The number of ether oxygens (including phenoxy) is 4. The van der Waals surface area contributed by atoms with Crippen LogP contribution in [0.25, 0.3) is 0 Å². The Morgan fingerprint density at radius 1 is 1.17 bits per heavy atom. The molecule has 1 unspecified atom stereocenters. The molecule has 3 rings (SSSR count). The molecule has 8 nitrogen and oxygen atoms in total. The maximum atomic E-state index is 12.9. The standard InChI is InChI=1S/C28H43NO7/c1-20(25(30)17-26(31)29-15-9-8-12-24(29)27(32)33-4)13-14-22-16-23(36-28(2,3)35-22)19-34-18-21-10-6-5-7-11-21/h5-7,10-11,20,22-25,30H,8-9,12-19H2,1-4H3/t20-,22+,23+,24+,25?/m1/s1. The minimum atomic E-state index is -0.782. The van der Waals surface area contributed by atoms with Crippen molar-refractivity contribution >= 4 is 11.9 Å². The molecule has 2 heterocycles. The number of piperidine rings is 1. The molecule has 202 valence electrons. The third kappa shape index (κ3) is 8.54. The van der Waals surface area contributed by atoms with Gasteiger partial charge in [-0.1, -0.05) is 37.3 Å². The third-order valence-electron chi connectivity index (χ3n) is 7.12. The second-order valence-electron chi connectivity index (χ2n) is 10.6. The maximum Gasteiger partial charge on any atom is 0.328 e. The van der Waals surface area contributed by atoms with Gasteiger partial charge in [0.15, 0.2) is 5.79 Å². The van der Waals surface area contributed by atoms with E-state index in [1.165, 1.54) is 7.11 Å². The van der Waals surface area contributed by atoms with Gasteiger partial charge < -0.3 is 29.0 Å². The predicted octanol–water partition coefficient (Wildman–Crippen LogP) is 3.83. The first-order chi connectivity index (χ1) is 17.2. The third-order valence-corrected chi connectivity index (χ3v) is 7.12. The van der Waals surface area contributed by atoms with E-state index in [2.05, 4.69) is 0 Å². The number of carbonyl (C=O) groups excluding carboxylic acids is 2. The van der Waals surface area contributed by atoms with E-state index in [-0.39, 0.29) is 36.4 Å². The average molecular weight is 506 g/mol. The quantitative estimate of drug-likeness (QED) is 0.457. The van der Waals surface area contributed by atoms with Crippen LogP contribution < -0.4 is 0 Å². The van der Waals surface area contributed by atoms with Gasteiger partial charge in [0.1, 0.15) is 6.04 Å². The lowest BCUT2D eigenvalue weighted by atomic mass is 9.92. The molecule has 5 atom stereocenters. The Hall–Kier alpha value is -2.00. The average Bonchev–Trinajstić information content (AvgIpc) is 2.86. The summed E-state index contributed by atoms with van der Waals surface area (Å²) in [5, 5.41) is 10.8. The van der Waals surface area contributed by atoms with Crippen LogP contribution >= 0.6 is 0 Å². The van der Waals surface area contributed by atoms with E-state index in [4.69, 9.17) is 18.9 Å². The molecule has 8 heteroatoms. The molecule has 0 bridgehead atoms. The summed E-state index contributed by atoms with van der Waals surface area (Å²) in [7, 11) is 1.34. The van der Waals surface area contributed by atoms with Crippen molar-refractivity contribution < 1.29 is 33.6 Å². The Morgan fingerprint density at radius 3 is 2.61 bits per heavy atom. The van der Waals surface area contributed by atoms with E-state index >= 15 is 0 Å². The molecule has 0 aromatic heterocycles.